The second-order valence-electron chi connectivity index (χ2n) is 4.77. The Morgan fingerprint density at radius 1 is 1.23 bits per heavy atom. The molecular weight excluding hydrogens is 373 g/mol. The van der Waals surface area contributed by atoms with Crippen molar-refractivity contribution in [2.75, 3.05) is 11.6 Å². The van der Waals surface area contributed by atoms with Crippen LogP contribution in [0, 0.1) is 5.82 Å². The highest BCUT2D eigenvalue weighted by Crippen LogP contribution is 2.20. The third-order valence-electron chi connectivity index (χ3n) is 2.89. The lowest BCUT2D eigenvalue weighted by Gasteiger charge is -2.08. The summed E-state index contributed by atoms with van der Waals surface area (Å²) in [5.41, 5.74) is 0.606. The predicted molar refractivity (Wildman–Crippen MR) is 86.0 cm³/mol. The Kier molecular flexibility index (Phi) is 4.97. The fourth-order valence-electron chi connectivity index (χ4n) is 1.86. The molecule has 0 bridgehead atoms. The van der Waals surface area contributed by atoms with Crippen LogP contribution in [0.25, 0.3) is 0 Å². The summed E-state index contributed by atoms with van der Waals surface area (Å²) in [4.78, 5) is 11.9. The fourth-order valence-corrected chi connectivity index (χ4v) is 2.95. The van der Waals surface area contributed by atoms with Crippen molar-refractivity contribution in [3.63, 3.8) is 0 Å². The summed E-state index contributed by atoms with van der Waals surface area (Å²) in [6.45, 7) is 0. The van der Waals surface area contributed by atoms with Gasteiger partial charge in [-0.2, -0.15) is 0 Å². The lowest BCUT2D eigenvalue weighted by molar-refractivity contribution is -0.115. The minimum Gasteiger partial charge on any atom is -0.323 e. The Morgan fingerprint density at radius 3 is 2.59 bits per heavy atom. The maximum atomic E-state index is 13.7. The summed E-state index contributed by atoms with van der Waals surface area (Å²) in [5.74, 6) is -1.11. The molecule has 1 N–H and O–H groups in total. The minimum absolute atomic E-state index is 0.0494. The summed E-state index contributed by atoms with van der Waals surface area (Å²) in [7, 11) is -3.47. The number of halogens is 2. The highest BCUT2D eigenvalue weighted by atomic mass is 79.9. The number of carbonyl (C=O) groups excluding carboxylic acids is 1. The standard InChI is InChI=1S/C15H13BrFNO3S/c1-22(20,21)12-5-6-13(17)14(9-12)18-15(19)8-10-3-2-4-11(16)7-10/h2-7,9H,8H2,1H3,(H,18,19). The molecule has 0 aliphatic carbocycles. The molecule has 0 fully saturated rings. The van der Waals surface area contributed by atoms with E-state index >= 15 is 0 Å². The van der Waals surface area contributed by atoms with Crippen molar-refractivity contribution in [3.05, 3.63) is 58.3 Å². The van der Waals surface area contributed by atoms with Crippen LogP contribution in [0.15, 0.2) is 51.8 Å². The Bertz CT molecular complexity index is 821. The average Bonchev–Trinajstić information content (AvgIpc) is 2.40. The molecule has 1 amide bonds. The van der Waals surface area contributed by atoms with E-state index in [1.807, 2.05) is 6.07 Å². The minimum atomic E-state index is -3.47. The third kappa shape index (κ3) is 4.38. The quantitative estimate of drug-likeness (QED) is 0.822. The van der Waals surface area contributed by atoms with Crippen molar-refractivity contribution in [2.24, 2.45) is 0 Å². The summed E-state index contributed by atoms with van der Waals surface area (Å²) in [5, 5.41) is 2.40. The number of rotatable bonds is 4. The maximum absolute atomic E-state index is 13.7. The van der Waals surface area contributed by atoms with Gasteiger partial charge < -0.3 is 5.32 Å². The normalized spacial score (nSPS) is 11.2. The van der Waals surface area contributed by atoms with Gasteiger partial charge in [-0.25, -0.2) is 12.8 Å². The van der Waals surface area contributed by atoms with E-state index in [0.29, 0.717) is 0 Å². The molecule has 4 nitrogen and oxygen atoms in total. The van der Waals surface area contributed by atoms with Gasteiger partial charge in [0.1, 0.15) is 5.82 Å². The zero-order valence-corrected chi connectivity index (χ0v) is 14.0. The van der Waals surface area contributed by atoms with Gasteiger partial charge in [0.05, 0.1) is 17.0 Å². The molecule has 2 rings (SSSR count). The summed E-state index contributed by atoms with van der Waals surface area (Å²) >= 11 is 3.30. The number of nitrogens with one attached hydrogen (secondary N) is 1. The molecule has 0 saturated carbocycles. The van der Waals surface area contributed by atoms with Crippen molar-refractivity contribution in [3.8, 4) is 0 Å². The van der Waals surface area contributed by atoms with Crippen LogP contribution >= 0.6 is 15.9 Å². The van der Waals surface area contributed by atoms with E-state index < -0.39 is 21.6 Å². The molecule has 0 atom stereocenters. The molecule has 0 heterocycles. The van der Waals surface area contributed by atoms with E-state index in [1.54, 1.807) is 18.2 Å². The van der Waals surface area contributed by atoms with Gasteiger partial charge in [0.15, 0.2) is 9.84 Å². The van der Waals surface area contributed by atoms with E-state index in [4.69, 9.17) is 0 Å². The topological polar surface area (TPSA) is 63.2 Å². The predicted octanol–water partition coefficient (Wildman–Crippen LogP) is 3.17. The molecule has 22 heavy (non-hydrogen) atoms. The van der Waals surface area contributed by atoms with E-state index in [-0.39, 0.29) is 17.0 Å². The van der Waals surface area contributed by atoms with Gasteiger partial charge in [0.2, 0.25) is 5.91 Å². The Labute approximate surface area is 136 Å². The van der Waals surface area contributed by atoms with Gasteiger partial charge in [0.25, 0.3) is 0 Å². The highest BCUT2D eigenvalue weighted by Gasteiger charge is 2.13. The molecule has 116 valence electrons. The molecule has 0 aromatic heterocycles. The monoisotopic (exact) mass is 385 g/mol. The van der Waals surface area contributed by atoms with Crippen LogP contribution < -0.4 is 5.32 Å². The molecule has 0 unspecified atom stereocenters. The molecule has 0 aliphatic rings. The van der Waals surface area contributed by atoms with Crippen LogP contribution in [0.3, 0.4) is 0 Å². The van der Waals surface area contributed by atoms with Crippen LogP contribution in [-0.2, 0) is 21.1 Å². The zero-order chi connectivity index (χ0) is 16.3. The first-order valence-corrected chi connectivity index (χ1v) is 8.98. The first-order chi connectivity index (χ1) is 10.3. The van der Waals surface area contributed by atoms with Crippen LogP contribution in [-0.4, -0.2) is 20.6 Å². The molecule has 2 aromatic rings. The van der Waals surface area contributed by atoms with Crippen LogP contribution in [0.5, 0.6) is 0 Å². The van der Waals surface area contributed by atoms with Crippen molar-refractivity contribution in [2.45, 2.75) is 11.3 Å². The molecule has 0 saturated heterocycles. The molecule has 7 heteroatoms. The van der Waals surface area contributed by atoms with Gasteiger partial charge in [-0.3, -0.25) is 4.79 Å². The largest absolute Gasteiger partial charge is 0.323 e. The lowest BCUT2D eigenvalue weighted by atomic mass is 10.1. The zero-order valence-electron chi connectivity index (χ0n) is 11.6. The van der Waals surface area contributed by atoms with Gasteiger partial charge in [-0.15, -0.1) is 0 Å². The average molecular weight is 386 g/mol. The van der Waals surface area contributed by atoms with Crippen LogP contribution in [0.4, 0.5) is 10.1 Å². The first-order valence-electron chi connectivity index (χ1n) is 6.29. The van der Waals surface area contributed by atoms with Crippen LogP contribution in [0.1, 0.15) is 5.56 Å². The molecule has 2 aromatic carbocycles. The summed E-state index contributed by atoms with van der Waals surface area (Å²) in [6, 6.07) is 10.5. The van der Waals surface area contributed by atoms with Gasteiger partial charge >= 0.3 is 0 Å². The van der Waals surface area contributed by atoms with Crippen molar-refractivity contribution < 1.29 is 17.6 Å². The van der Waals surface area contributed by atoms with Crippen molar-refractivity contribution in [1.82, 2.24) is 0 Å². The number of anilines is 1. The van der Waals surface area contributed by atoms with Gasteiger partial charge in [-0.05, 0) is 35.9 Å². The Balaban J connectivity index is 2.18. The number of benzene rings is 2. The number of amides is 1. The van der Waals surface area contributed by atoms with Gasteiger partial charge in [0, 0.05) is 10.7 Å². The SMILES string of the molecule is CS(=O)(=O)c1ccc(F)c(NC(=O)Cc2cccc(Br)c2)c1. The van der Waals surface area contributed by atoms with E-state index in [9.17, 15) is 17.6 Å². The van der Waals surface area contributed by atoms with Crippen molar-refractivity contribution in [1.29, 1.82) is 0 Å². The third-order valence-corrected chi connectivity index (χ3v) is 4.50. The van der Waals surface area contributed by atoms with Crippen molar-refractivity contribution >= 4 is 37.4 Å². The number of sulfone groups is 1. The lowest BCUT2D eigenvalue weighted by Crippen LogP contribution is -2.15. The molecule has 0 spiro atoms. The molecule has 0 radical (unpaired) electrons. The highest BCUT2D eigenvalue weighted by molar-refractivity contribution is 9.10. The number of hydrogen-bond donors (Lipinski definition) is 1. The maximum Gasteiger partial charge on any atom is 0.228 e. The molecular formula is C15H13BrFNO3S. The summed E-state index contributed by atoms with van der Waals surface area (Å²) in [6.07, 6.45) is 1.08. The smallest absolute Gasteiger partial charge is 0.228 e. The summed E-state index contributed by atoms with van der Waals surface area (Å²) < 4.78 is 37.5. The Morgan fingerprint density at radius 2 is 1.95 bits per heavy atom. The second-order valence-corrected chi connectivity index (χ2v) is 7.70. The van der Waals surface area contributed by atoms with Crippen LogP contribution in [0.2, 0.25) is 0 Å². The second kappa shape index (κ2) is 6.58. The fraction of sp³-hybridized carbons (Fsp3) is 0.133. The first kappa shape index (κ1) is 16.6. The Hall–Kier alpha value is -1.73. The number of hydrogen-bond acceptors (Lipinski definition) is 3. The van der Waals surface area contributed by atoms with E-state index in [0.717, 1.165) is 34.5 Å². The van der Waals surface area contributed by atoms with E-state index in [1.165, 1.54) is 0 Å². The number of carbonyl (C=O) groups is 1. The molecule has 0 aliphatic heterocycles. The van der Waals surface area contributed by atoms with E-state index in [2.05, 4.69) is 21.2 Å². The van der Waals surface area contributed by atoms with Gasteiger partial charge in [-0.1, -0.05) is 28.1 Å².